The van der Waals surface area contributed by atoms with Crippen LogP contribution in [0.1, 0.15) is 18.6 Å². The van der Waals surface area contributed by atoms with Gasteiger partial charge in [0, 0.05) is 31.2 Å². The first-order chi connectivity index (χ1) is 11.0. The Hall–Kier alpha value is -0.690. The van der Waals surface area contributed by atoms with Crippen LogP contribution in [0.25, 0.3) is 0 Å². The van der Waals surface area contributed by atoms with E-state index in [1.807, 2.05) is 31.2 Å². The highest BCUT2D eigenvalue weighted by Crippen LogP contribution is 2.19. The maximum absolute atomic E-state index is 10.0. The lowest BCUT2D eigenvalue weighted by Gasteiger charge is -2.30. The van der Waals surface area contributed by atoms with Crippen LogP contribution in [0.5, 0.6) is 0 Å². The summed E-state index contributed by atoms with van der Waals surface area (Å²) < 4.78 is 11.4. The van der Waals surface area contributed by atoms with E-state index in [4.69, 9.17) is 21.1 Å². The molecule has 3 atom stereocenters. The first-order valence-electron chi connectivity index (χ1n) is 8.10. The predicted octanol–water partition coefficient (Wildman–Crippen LogP) is 1.70. The minimum atomic E-state index is -0.536. The van der Waals surface area contributed by atoms with Crippen molar-refractivity contribution in [3.8, 4) is 0 Å². The molecule has 1 aliphatic rings. The Bertz CT molecular complexity index is 458. The number of aliphatic hydroxyl groups is 1. The molecule has 1 saturated heterocycles. The van der Waals surface area contributed by atoms with Crippen LogP contribution in [0.4, 0.5) is 0 Å². The summed E-state index contributed by atoms with van der Waals surface area (Å²) in [5.41, 5.74) is 1.05. The van der Waals surface area contributed by atoms with Crippen LogP contribution in [0.2, 0.25) is 5.02 Å². The zero-order valence-corrected chi connectivity index (χ0v) is 14.6. The van der Waals surface area contributed by atoms with E-state index >= 15 is 0 Å². The molecule has 2 rings (SSSR count). The number of morpholine rings is 1. The molecular weight excluding hydrogens is 316 g/mol. The van der Waals surface area contributed by atoms with Gasteiger partial charge in [0.25, 0.3) is 0 Å². The van der Waals surface area contributed by atoms with Gasteiger partial charge in [-0.3, -0.25) is 0 Å². The summed E-state index contributed by atoms with van der Waals surface area (Å²) in [7, 11) is 2.09. The summed E-state index contributed by atoms with van der Waals surface area (Å²) in [5, 5.41) is 14.0. The quantitative estimate of drug-likeness (QED) is 0.753. The largest absolute Gasteiger partial charge is 0.389 e. The van der Waals surface area contributed by atoms with Gasteiger partial charge in [-0.25, -0.2) is 0 Å². The molecule has 0 unspecified atom stereocenters. The van der Waals surface area contributed by atoms with Gasteiger partial charge in [0.05, 0.1) is 31.5 Å². The molecule has 0 amide bonds. The highest BCUT2D eigenvalue weighted by Gasteiger charge is 2.17. The van der Waals surface area contributed by atoms with Crippen molar-refractivity contribution in [1.29, 1.82) is 0 Å². The SMILES string of the molecule is C[C@H](OC[C@@H](O)CNC[C@H]1CN(C)CCO1)c1ccc(Cl)cc1. The third-order valence-electron chi connectivity index (χ3n) is 3.97. The molecule has 0 bridgehead atoms. The molecule has 1 aromatic carbocycles. The summed E-state index contributed by atoms with van der Waals surface area (Å²) in [6.45, 7) is 6.18. The van der Waals surface area contributed by atoms with Gasteiger partial charge in [0.2, 0.25) is 0 Å². The summed E-state index contributed by atoms with van der Waals surface area (Å²) >= 11 is 5.87. The zero-order chi connectivity index (χ0) is 16.7. The summed E-state index contributed by atoms with van der Waals surface area (Å²) in [6.07, 6.45) is -0.418. The number of hydrogen-bond donors (Lipinski definition) is 2. The monoisotopic (exact) mass is 342 g/mol. The third-order valence-corrected chi connectivity index (χ3v) is 4.22. The van der Waals surface area contributed by atoms with Crippen LogP contribution in [-0.4, -0.2) is 68.7 Å². The van der Waals surface area contributed by atoms with E-state index in [0.29, 0.717) is 18.2 Å². The van der Waals surface area contributed by atoms with Crippen LogP contribution >= 0.6 is 11.6 Å². The van der Waals surface area contributed by atoms with Gasteiger partial charge in [-0.2, -0.15) is 0 Å². The molecule has 1 aliphatic heterocycles. The van der Waals surface area contributed by atoms with Gasteiger partial charge in [0.1, 0.15) is 0 Å². The molecule has 0 saturated carbocycles. The fraction of sp³-hybridized carbons (Fsp3) is 0.647. The summed E-state index contributed by atoms with van der Waals surface area (Å²) in [6, 6.07) is 7.56. The Balaban J connectivity index is 1.61. The predicted molar refractivity (Wildman–Crippen MR) is 91.9 cm³/mol. The lowest BCUT2D eigenvalue weighted by atomic mass is 10.1. The fourth-order valence-electron chi connectivity index (χ4n) is 2.55. The molecule has 5 nitrogen and oxygen atoms in total. The van der Waals surface area contributed by atoms with E-state index in [0.717, 1.165) is 31.8 Å². The molecule has 0 aliphatic carbocycles. The van der Waals surface area contributed by atoms with Gasteiger partial charge in [-0.15, -0.1) is 0 Å². The van der Waals surface area contributed by atoms with E-state index in [1.165, 1.54) is 0 Å². The first-order valence-corrected chi connectivity index (χ1v) is 8.48. The number of halogens is 1. The van der Waals surface area contributed by atoms with Crippen molar-refractivity contribution in [2.45, 2.75) is 25.2 Å². The summed E-state index contributed by atoms with van der Waals surface area (Å²) in [5.74, 6) is 0. The van der Waals surface area contributed by atoms with Crippen LogP contribution in [0.3, 0.4) is 0 Å². The Morgan fingerprint density at radius 3 is 2.87 bits per heavy atom. The van der Waals surface area contributed by atoms with Gasteiger partial charge in [-0.1, -0.05) is 23.7 Å². The van der Waals surface area contributed by atoms with E-state index in [2.05, 4.69) is 17.3 Å². The lowest BCUT2D eigenvalue weighted by molar-refractivity contribution is -0.0240. The number of likely N-dealkylation sites (N-methyl/N-ethyl adjacent to an activating group) is 1. The number of nitrogens with one attached hydrogen (secondary N) is 1. The van der Waals surface area contributed by atoms with Crippen molar-refractivity contribution in [1.82, 2.24) is 10.2 Å². The molecule has 6 heteroatoms. The van der Waals surface area contributed by atoms with Crippen LogP contribution < -0.4 is 5.32 Å². The lowest BCUT2D eigenvalue weighted by Crippen LogP contribution is -2.46. The van der Waals surface area contributed by atoms with Crippen molar-refractivity contribution < 1.29 is 14.6 Å². The smallest absolute Gasteiger partial charge is 0.0897 e. The van der Waals surface area contributed by atoms with Crippen molar-refractivity contribution in [2.24, 2.45) is 0 Å². The van der Waals surface area contributed by atoms with E-state index in [9.17, 15) is 5.11 Å². The molecule has 2 N–H and O–H groups in total. The van der Waals surface area contributed by atoms with Gasteiger partial charge in [0.15, 0.2) is 0 Å². The molecular formula is C17H27ClN2O3. The Kier molecular flexibility index (Phi) is 7.76. The summed E-state index contributed by atoms with van der Waals surface area (Å²) in [4.78, 5) is 2.25. The molecule has 0 radical (unpaired) electrons. The molecule has 1 heterocycles. The fourth-order valence-corrected chi connectivity index (χ4v) is 2.67. The standard InChI is InChI=1S/C17H27ClN2O3/c1-13(14-3-5-15(18)6-4-14)23-12-16(21)9-19-10-17-11-20(2)7-8-22-17/h3-6,13,16-17,19,21H,7-12H2,1-2H3/t13-,16-,17-/m0/s1. The van der Waals surface area contributed by atoms with Crippen LogP contribution in [0, 0.1) is 0 Å². The Labute approximate surface area is 143 Å². The van der Waals surface area contributed by atoms with Crippen molar-refractivity contribution in [2.75, 3.05) is 46.4 Å². The normalized spacial score (nSPS) is 22.0. The van der Waals surface area contributed by atoms with Crippen molar-refractivity contribution >= 4 is 11.6 Å². The minimum absolute atomic E-state index is 0.0720. The molecule has 1 aromatic rings. The Morgan fingerprint density at radius 1 is 1.43 bits per heavy atom. The maximum Gasteiger partial charge on any atom is 0.0897 e. The number of benzene rings is 1. The molecule has 23 heavy (non-hydrogen) atoms. The highest BCUT2D eigenvalue weighted by atomic mass is 35.5. The van der Waals surface area contributed by atoms with Crippen molar-refractivity contribution in [3.05, 3.63) is 34.9 Å². The number of nitrogens with zero attached hydrogens (tertiary/aromatic N) is 1. The molecule has 130 valence electrons. The van der Waals surface area contributed by atoms with E-state index in [1.54, 1.807) is 0 Å². The topological polar surface area (TPSA) is 54.0 Å². The highest BCUT2D eigenvalue weighted by molar-refractivity contribution is 6.30. The second-order valence-electron chi connectivity index (χ2n) is 6.09. The number of aliphatic hydroxyl groups excluding tert-OH is 1. The second kappa shape index (κ2) is 9.57. The molecule has 0 spiro atoms. The maximum atomic E-state index is 10.0. The first kappa shape index (κ1) is 18.6. The van der Waals surface area contributed by atoms with Crippen LogP contribution in [-0.2, 0) is 9.47 Å². The van der Waals surface area contributed by atoms with Crippen LogP contribution in [0.15, 0.2) is 24.3 Å². The zero-order valence-electron chi connectivity index (χ0n) is 13.9. The van der Waals surface area contributed by atoms with Crippen molar-refractivity contribution in [3.63, 3.8) is 0 Å². The number of ether oxygens (including phenoxy) is 2. The Morgan fingerprint density at radius 2 is 2.17 bits per heavy atom. The van der Waals surface area contributed by atoms with E-state index in [-0.39, 0.29) is 12.2 Å². The molecule has 0 aromatic heterocycles. The minimum Gasteiger partial charge on any atom is -0.389 e. The average molecular weight is 343 g/mol. The van der Waals surface area contributed by atoms with Gasteiger partial charge < -0.3 is 24.8 Å². The van der Waals surface area contributed by atoms with Gasteiger partial charge in [-0.05, 0) is 31.7 Å². The average Bonchev–Trinajstić information content (AvgIpc) is 2.53. The molecule has 1 fully saturated rings. The third kappa shape index (κ3) is 6.75. The number of rotatable bonds is 8. The second-order valence-corrected chi connectivity index (χ2v) is 6.53. The van der Waals surface area contributed by atoms with Gasteiger partial charge >= 0.3 is 0 Å². The number of hydrogen-bond acceptors (Lipinski definition) is 5. The van der Waals surface area contributed by atoms with E-state index < -0.39 is 6.10 Å².